The third-order valence-corrected chi connectivity index (χ3v) is 5.43. The van der Waals surface area contributed by atoms with E-state index in [4.69, 9.17) is 19.3 Å². The van der Waals surface area contributed by atoms with Crippen molar-refractivity contribution in [3.63, 3.8) is 0 Å². The van der Waals surface area contributed by atoms with Gasteiger partial charge in [0.15, 0.2) is 0 Å². The molecule has 1 aromatic rings. The fourth-order valence-electron chi connectivity index (χ4n) is 3.81. The van der Waals surface area contributed by atoms with Crippen LogP contribution in [0.5, 0.6) is 0 Å². The van der Waals surface area contributed by atoms with E-state index in [9.17, 15) is 9.59 Å². The zero-order valence-electron chi connectivity index (χ0n) is 17.4. The molecule has 0 aliphatic carbocycles. The van der Waals surface area contributed by atoms with E-state index in [-0.39, 0.29) is 17.8 Å². The summed E-state index contributed by atoms with van der Waals surface area (Å²) >= 11 is 0. The summed E-state index contributed by atoms with van der Waals surface area (Å²) < 4.78 is 18.1. The van der Waals surface area contributed by atoms with E-state index in [2.05, 4.69) is 5.32 Å². The van der Waals surface area contributed by atoms with Crippen LogP contribution in [0.1, 0.15) is 60.8 Å². The first-order valence-corrected chi connectivity index (χ1v) is 10.9. The first-order chi connectivity index (χ1) is 14.2. The lowest BCUT2D eigenvalue weighted by Crippen LogP contribution is -2.28. The van der Waals surface area contributed by atoms with Gasteiger partial charge < -0.3 is 19.5 Å². The first-order valence-electron chi connectivity index (χ1n) is 10.9. The second-order valence-corrected chi connectivity index (χ2v) is 7.60. The van der Waals surface area contributed by atoms with Crippen LogP contribution in [-0.2, 0) is 38.4 Å². The molecule has 1 fully saturated rings. The second kappa shape index (κ2) is 11.3. The Morgan fingerprint density at radius 1 is 1.24 bits per heavy atom. The van der Waals surface area contributed by atoms with Crippen LogP contribution < -0.4 is 5.32 Å². The molecule has 1 N–H and O–H groups in total. The lowest BCUT2D eigenvalue weighted by Gasteiger charge is -2.09. The third-order valence-electron chi connectivity index (χ3n) is 5.43. The van der Waals surface area contributed by atoms with Crippen molar-refractivity contribution in [1.82, 2.24) is 15.1 Å². The molecule has 2 aliphatic rings. The van der Waals surface area contributed by atoms with Gasteiger partial charge in [0.25, 0.3) is 5.91 Å². The van der Waals surface area contributed by atoms with Gasteiger partial charge in [-0.05, 0) is 51.9 Å². The molecule has 3 rings (SSSR count). The molecule has 1 saturated heterocycles. The maximum Gasteiger partial charge on any atom is 0.311 e. The Morgan fingerprint density at radius 3 is 2.90 bits per heavy atom. The maximum absolute atomic E-state index is 12.7. The average Bonchev–Trinajstić information content (AvgIpc) is 3.36. The molecule has 0 saturated carbocycles. The minimum atomic E-state index is -0.150. The van der Waals surface area contributed by atoms with Crippen molar-refractivity contribution in [2.75, 3.05) is 39.6 Å². The van der Waals surface area contributed by atoms with Gasteiger partial charge in [0.1, 0.15) is 5.69 Å². The van der Waals surface area contributed by atoms with Crippen molar-refractivity contribution in [3.8, 4) is 0 Å². The molecule has 1 unspecified atom stereocenters. The number of ether oxygens (including phenoxy) is 3. The number of rotatable bonds is 7. The number of carbonyl (C=O) groups excluding carboxylic acids is 2. The van der Waals surface area contributed by atoms with Gasteiger partial charge in [-0.25, -0.2) is 0 Å². The first kappa shape index (κ1) is 21.8. The predicted molar refractivity (Wildman–Crippen MR) is 107 cm³/mol. The van der Waals surface area contributed by atoms with Crippen molar-refractivity contribution in [2.24, 2.45) is 5.92 Å². The lowest BCUT2D eigenvalue weighted by molar-refractivity contribution is -0.148. The smallest absolute Gasteiger partial charge is 0.311 e. The Morgan fingerprint density at radius 2 is 2.10 bits per heavy atom. The van der Waals surface area contributed by atoms with Crippen LogP contribution in [-0.4, -0.2) is 61.2 Å². The summed E-state index contributed by atoms with van der Waals surface area (Å²) in [5, 5.41) is 7.71. The summed E-state index contributed by atoms with van der Waals surface area (Å²) in [6.07, 6.45) is 5.65. The van der Waals surface area contributed by atoms with Crippen LogP contribution in [0.25, 0.3) is 0 Å². The van der Waals surface area contributed by atoms with Gasteiger partial charge in [0.05, 0.1) is 24.8 Å². The fraction of sp³-hybridized carbons (Fsp3) is 0.762. The van der Waals surface area contributed by atoms with Gasteiger partial charge in [-0.1, -0.05) is 0 Å². The number of hydrogen-bond donors (Lipinski definition) is 1. The number of hydrogen-bond acceptors (Lipinski definition) is 6. The summed E-state index contributed by atoms with van der Waals surface area (Å²) in [4.78, 5) is 24.7. The highest BCUT2D eigenvalue weighted by Crippen LogP contribution is 2.20. The van der Waals surface area contributed by atoms with Gasteiger partial charge in [-0.15, -0.1) is 0 Å². The summed E-state index contributed by atoms with van der Waals surface area (Å²) in [5.41, 5.74) is 2.71. The number of carbonyl (C=O) groups is 2. The Hall–Kier alpha value is -1.93. The topological polar surface area (TPSA) is 91.7 Å². The number of fused-ring (bicyclic) bond motifs is 1. The number of unbranched alkanes of at least 4 members (excludes halogenated alkanes) is 1. The number of nitrogens with one attached hydrogen (secondary N) is 1. The number of nitrogens with zero attached hydrogens (tertiary/aromatic N) is 2. The molecular formula is C21H33N3O5. The number of esters is 1. The molecule has 0 spiro atoms. The quantitative estimate of drug-likeness (QED) is 0.548. The Labute approximate surface area is 172 Å². The van der Waals surface area contributed by atoms with Crippen molar-refractivity contribution in [2.45, 2.75) is 58.4 Å². The minimum absolute atomic E-state index is 0.0461. The highest BCUT2D eigenvalue weighted by molar-refractivity contribution is 5.94. The molecule has 0 bridgehead atoms. The Bertz CT molecular complexity index is 682. The van der Waals surface area contributed by atoms with E-state index >= 15 is 0 Å². The molecule has 0 aromatic carbocycles. The van der Waals surface area contributed by atoms with E-state index in [0.29, 0.717) is 51.8 Å². The standard InChI is InChI=1S/C21H33N3O5/c1-2-24-19-17(7-5-11-27-12-6-10-22-20(19)25)18(23-24)8-3-4-13-29-21(26)16-9-14-28-15-16/h16H,2-15H2,1H3,(H,22,25). The third kappa shape index (κ3) is 6.02. The second-order valence-electron chi connectivity index (χ2n) is 7.60. The molecule has 1 aromatic heterocycles. The molecule has 2 aliphatic heterocycles. The summed E-state index contributed by atoms with van der Waals surface area (Å²) in [6.45, 7) is 6.19. The summed E-state index contributed by atoms with van der Waals surface area (Å²) in [5.74, 6) is -0.300. The zero-order chi connectivity index (χ0) is 20.5. The largest absolute Gasteiger partial charge is 0.465 e. The summed E-state index contributed by atoms with van der Waals surface area (Å²) in [6, 6.07) is 0. The van der Waals surface area contributed by atoms with E-state index < -0.39 is 0 Å². The van der Waals surface area contributed by atoms with E-state index in [0.717, 1.165) is 56.2 Å². The molecule has 8 nitrogen and oxygen atoms in total. The Balaban J connectivity index is 1.56. The lowest BCUT2D eigenvalue weighted by atomic mass is 10.0. The van der Waals surface area contributed by atoms with E-state index in [1.54, 1.807) is 0 Å². The van der Waals surface area contributed by atoms with Crippen molar-refractivity contribution < 1.29 is 23.8 Å². The summed E-state index contributed by atoms with van der Waals surface area (Å²) in [7, 11) is 0. The minimum Gasteiger partial charge on any atom is -0.465 e. The van der Waals surface area contributed by atoms with Gasteiger partial charge in [-0.3, -0.25) is 14.3 Å². The van der Waals surface area contributed by atoms with Crippen molar-refractivity contribution >= 4 is 11.9 Å². The monoisotopic (exact) mass is 407 g/mol. The molecule has 29 heavy (non-hydrogen) atoms. The van der Waals surface area contributed by atoms with Crippen molar-refractivity contribution in [3.05, 3.63) is 17.0 Å². The maximum atomic E-state index is 12.7. The van der Waals surface area contributed by atoms with Crippen molar-refractivity contribution in [1.29, 1.82) is 0 Å². The van der Waals surface area contributed by atoms with Crippen LogP contribution in [0, 0.1) is 5.92 Å². The molecule has 8 heteroatoms. The number of aromatic nitrogens is 2. The molecule has 1 atom stereocenters. The molecule has 0 radical (unpaired) electrons. The SMILES string of the molecule is CCn1nc(CCCCOC(=O)C2CCOC2)c2c1C(=O)NCCCOCCC2. The zero-order valence-corrected chi connectivity index (χ0v) is 17.4. The van der Waals surface area contributed by atoms with Gasteiger partial charge in [-0.2, -0.15) is 5.10 Å². The molecule has 3 heterocycles. The van der Waals surface area contributed by atoms with E-state index in [1.807, 2.05) is 11.6 Å². The molecule has 1 amide bonds. The predicted octanol–water partition coefficient (Wildman–Crippen LogP) is 1.89. The highest BCUT2D eigenvalue weighted by atomic mass is 16.5. The van der Waals surface area contributed by atoms with Crippen LogP contribution >= 0.6 is 0 Å². The van der Waals surface area contributed by atoms with E-state index in [1.165, 1.54) is 0 Å². The highest BCUT2D eigenvalue weighted by Gasteiger charge is 2.25. The number of amides is 1. The van der Waals surface area contributed by atoms with Crippen LogP contribution in [0.15, 0.2) is 0 Å². The van der Waals surface area contributed by atoms with Crippen LogP contribution in [0.4, 0.5) is 0 Å². The van der Waals surface area contributed by atoms with Gasteiger partial charge in [0, 0.05) is 38.5 Å². The average molecular weight is 408 g/mol. The molecular weight excluding hydrogens is 374 g/mol. The van der Waals surface area contributed by atoms with Gasteiger partial charge >= 0.3 is 5.97 Å². The number of aryl methyl sites for hydroxylation is 2. The molecule has 162 valence electrons. The normalized spacial score (nSPS) is 20.6. The Kier molecular flexibility index (Phi) is 8.49. The fourth-order valence-corrected chi connectivity index (χ4v) is 3.81. The van der Waals surface area contributed by atoms with Crippen LogP contribution in [0.2, 0.25) is 0 Å². The van der Waals surface area contributed by atoms with Gasteiger partial charge in [0.2, 0.25) is 0 Å². The van der Waals surface area contributed by atoms with Crippen LogP contribution in [0.3, 0.4) is 0 Å².